The van der Waals surface area contributed by atoms with Crippen LogP contribution in [0, 0.1) is 0 Å². The van der Waals surface area contributed by atoms with E-state index in [4.69, 9.17) is 10.5 Å². The van der Waals surface area contributed by atoms with Crippen LogP contribution in [0.4, 0.5) is 0 Å². The normalized spacial score (nSPS) is 16.5. The Bertz CT molecular complexity index is 711. The smallest absolute Gasteiger partial charge is 0.260 e. The van der Waals surface area contributed by atoms with Gasteiger partial charge in [0.2, 0.25) is 0 Å². The van der Waals surface area contributed by atoms with Crippen LogP contribution in [0.1, 0.15) is 24.3 Å². The number of H-pyrrole nitrogens is 1. The van der Waals surface area contributed by atoms with Gasteiger partial charge in [0.15, 0.2) is 5.16 Å². The van der Waals surface area contributed by atoms with Crippen molar-refractivity contribution in [3.63, 3.8) is 0 Å². The molecule has 0 fully saturated rings. The van der Waals surface area contributed by atoms with Crippen molar-refractivity contribution in [2.24, 2.45) is 5.73 Å². The van der Waals surface area contributed by atoms with E-state index in [1.165, 1.54) is 11.8 Å². The molecule has 5 nitrogen and oxygen atoms in total. The van der Waals surface area contributed by atoms with Crippen LogP contribution in [-0.4, -0.2) is 27.9 Å². The zero-order valence-electron chi connectivity index (χ0n) is 11.9. The van der Waals surface area contributed by atoms with Gasteiger partial charge in [-0.1, -0.05) is 11.8 Å². The second-order valence-electron chi connectivity index (χ2n) is 5.42. The van der Waals surface area contributed by atoms with Crippen LogP contribution >= 0.6 is 35.5 Å². The van der Waals surface area contributed by atoms with E-state index >= 15 is 0 Å². The highest BCUT2D eigenvalue weighted by atomic mass is 35.5. The van der Waals surface area contributed by atoms with Gasteiger partial charge in [0, 0.05) is 23.6 Å². The first-order valence-electron chi connectivity index (χ1n) is 6.51. The number of nitrogens with two attached hydrogens (primary N) is 1. The van der Waals surface area contributed by atoms with E-state index < -0.39 is 0 Å². The van der Waals surface area contributed by atoms with Gasteiger partial charge < -0.3 is 15.5 Å². The molecule has 3 rings (SSSR count). The van der Waals surface area contributed by atoms with Crippen molar-refractivity contribution < 1.29 is 4.74 Å². The van der Waals surface area contributed by atoms with Crippen molar-refractivity contribution in [3.05, 3.63) is 20.8 Å². The summed E-state index contributed by atoms with van der Waals surface area (Å²) in [7, 11) is 0. The standard InChI is InChI=1S/C13H17N3O2S2.ClH/c1-13(2)5-7-8(6-18-13)20-11-9(7)10(17)15-12(16-11)19-4-3-14;/h3-6,14H2,1-2H3,(H,15,16,17);1H. The quantitative estimate of drug-likeness (QED) is 0.657. The lowest BCUT2D eigenvalue weighted by Gasteiger charge is -2.29. The number of fused-ring (bicyclic) bond motifs is 3. The maximum absolute atomic E-state index is 12.3. The van der Waals surface area contributed by atoms with E-state index in [0.29, 0.717) is 18.3 Å². The van der Waals surface area contributed by atoms with Gasteiger partial charge >= 0.3 is 0 Å². The van der Waals surface area contributed by atoms with Crippen LogP contribution in [0.3, 0.4) is 0 Å². The molecule has 0 radical (unpaired) electrons. The molecule has 0 saturated heterocycles. The second-order valence-corrected chi connectivity index (χ2v) is 7.58. The van der Waals surface area contributed by atoms with Gasteiger partial charge in [-0.05, 0) is 19.4 Å². The number of rotatable bonds is 3. The third-order valence-corrected chi connectivity index (χ3v) is 5.28. The Labute approximate surface area is 137 Å². The Kier molecular flexibility index (Phi) is 4.99. The number of thioether (sulfide) groups is 1. The molecule has 0 amide bonds. The molecule has 0 bridgehead atoms. The monoisotopic (exact) mass is 347 g/mol. The van der Waals surface area contributed by atoms with Crippen LogP contribution in [0.5, 0.6) is 0 Å². The van der Waals surface area contributed by atoms with Crippen LogP contribution in [0.15, 0.2) is 9.95 Å². The molecule has 116 valence electrons. The SMILES string of the molecule is CC1(C)Cc2c(sc3nc(SCCN)[nH]c(=O)c23)CO1.Cl. The fraction of sp³-hybridized carbons (Fsp3) is 0.538. The van der Waals surface area contributed by atoms with Crippen LogP contribution in [0.25, 0.3) is 10.2 Å². The Morgan fingerprint density at radius 1 is 1.52 bits per heavy atom. The van der Waals surface area contributed by atoms with Crippen LogP contribution < -0.4 is 11.3 Å². The van der Waals surface area contributed by atoms with E-state index in [1.54, 1.807) is 11.3 Å². The Hall–Kier alpha value is -0.600. The number of thiophene rings is 1. The molecule has 0 aliphatic carbocycles. The van der Waals surface area contributed by atoms with Crippen molar-refractivity contribution in [1.29, 1.82) is 0 Å². The van der Waals surface area contributed by atoms with E-state index in [9.17, 15) is 4.79 Å². The summed E-state index contributed by atoms with van der Waals surface area (Å²) in [6.45, 7) is 5.22. The maximum atomic E-state index is 12.3. The summed E-state index contributed by atoms with van der Waals surface area (Å²) in [5.41, 5.74) is 6.31. The maximum Gasteiger partial charge on any atom is 0.260 e. The Balaban J connectivity index is 0.00000161. The number of halogens is 1. The van der Waals surface area contributed by atoms with Gasteiger partial charge in [-0.3, -0.25) is 4.79 Å². The van der Waals surface area contributed by atoms with Crippen molar-refractivity contribution in [1.82, 2.24) is 9.97 Å². The number of nitrogens with zero attached hydrogens (tertiary/aromatic N) is 1. The number of aromatic amines is 1. The van der Waals surface area contributed by atoms with Gasteiger partial charge in [0.05, 0.1) is 17.6 Å². The Morgan fingerprint density at radius 3 is 3.00 bits per heavy atom. The zero-order valence-corrected chi connectivity index (χ0v) is 14.3. The fourth-order valence-electron chi connectivity index (χ4n) is 2.36. The minimum atomic E-state index is -0.222. The predicted octanol–water partition coefficient (Wildman–Crippen LogP) is 2.31. The molecule has 2 aromatic rings. The molecule has 0 spiro atoms. The third kappa shape index (κ3) is 3.27. The Morgan fingerprint density at radius 2 is 2.29 bits per heavy atom. The third-order valence-electron chi connectivity index (χ3n) is 3.28. The summed E-state index contributed by atoms with van der Waals surface area (Å²) in [6.07, 6.45) is 0.752. The van der Waals surface area contributed by atoms with Crippen molar-refractivity contribution in [2.45, 2.75) is 37.6 Å². The highest BCUT2D eigenvalue weighted by Gasteiger charge is 2.30. The summed E-state index contributed by atoms with van der Waals surface area (Å²) in [4.78, 5) is 21.7. The summed E-state index contributed by atoms with van der Waals surface area (Å²) in [5.74, 6) is 0.746. The highest BCUT2D eigenvalue weighted by molar-refractivity contribution is 7.99. The molecule has 0 aromatic carbocycles. The average Bonchev–Trinajstić information content (AvgIpc) is 2.73. The average molecular weight is 348 g/mol. The molecule has 21 heavy (non-hydrogen) atoms. The summed E-state index contributed by atoms with van der Waals surface area (Å²) < 4.78 is 5.80. The van der Waals surface area contributed by atoms with Crippen LogP contribution in [0.2, 0.25) is 0 Å². The first-order chi connectivity index (χ1) is 9.50. The molecule has 0 atom stereocenters. The fourth-order valence-corrected chi connectivity index (χ4v) is 4.15. The summed E-state index contributed by atoms with van der Waals surface area (Å²) in [6, 6.07) is 0. The number of aromatic nitrogens is 2. The molecule has 1 aliphatic rings. The number of hydrogen-bond donors (Lipinski definition) is 2. The number of nitrogens with one attached hydrogen (secondary N) is 1. The molecule has 0 unspecified atom stereocenters. The highest BCUT2D eigenvalue weighted by Crippen LogP contribution is 2.37. The first-order valence-corrected chi connectivity index (χ1v) is 8.32. The molecule has 0 saturated carbocycles. The van der Waals surface area contributed by atoms with Crippen molar-refractivity contribution in [3.8, 4) is 0 Å². The van der Waals surface area contributed by atoms with Gasteiger partial charge in [-0.15, -0.1) is 23.7 Å². The van der Waals surface area contributed by atoms with Crippen molar-refractivity contribution in [2.75, 3.05) is 12.3 Å². The van der Waals surface area contributed by atoms with Gasteiger partial charge in [0.25, 0.3) is 5.56 Å². The zero-order chi connectivity index (χ0) is 14.3. The largest absolute Gasteiger partial charge is 0.370 e. The van der Waals surface area contributed by atoms with E-state index in [1.807, 2.05) is 13.8 Å². The van der Waals surface area contributed by atoms with Gasteiger partial charge in [-0.25, -0.2) is 4.98 Å². The van der Waals surface area contributed by atoms with Gasteiger partial charge in [-0.2, -0.15) is 0 Å². The van der Waals surface area contributed by atoms with E-state index in [0.717, 1.165) is 32.8 Å². The van der Waals surface area contributed by atoms with Gasteiger partial charge in [0.1, 0.15) is 4.83 Å². The predicted molar refractivity (Wildman–Crippen MR) is 89.8 cm³/mol. The van der Waals surface area contributed by atoms with E-state index in [-0.39, 0.29) is 23.6 Å². The number of hydrogen-bond acceptors (Lipinski definition) is 6. The molecule has 8 heteroatoms. The summed E-state index contributed by atoms with van der Waals surface area (Å²) >= 11 is 3.04. The topological polar surface area (TPSA) is 81.0 Å². The minimum Gasteiger partial charge on any atom is -0.370 e. The van der Waals surface area contributed by atoms with Crippen molar-refractivity contribution >= 4 is 45.7 Å². The molecule has 2 aromatic heterocycles. The molecular weight excluding hydrogens is 330 g/mol. The minimum absolute atomic E-state index is 0. The first kappa shape index (κ1) is 16.8. The lowest BCUT2D eigenvalue weighted by Crippen LogP contribution is -2.31. The lowest BCUT2D eigenvalue weighted by atomic mass is 9.94. The molecule has 1 aliphatic heterocycles. The lowest BCUT2D eigenvalue weighted by molar-refractivity contribution is -0.0379. The number of ether oxygens (including phenoxy) is 1. The summed E-state index contributed by atoms with van der Waals surface area (Å²) in [5, 5.41) is 1.38. The van der Waals surface area contributed by atoms with Crippen LogP contribution in [-0.2, 0) is 17.8 Å². The molecular formula is C13H18ClN3O2S2. The molecule has 3 heterocycles. The second kappa shape index (κ2) is 6.26. The molecule has 3 N–H and O–H groups in total. The van der Waals surface area contributed by atoms with E-state index in [2.05, 4.69) is 9.97 Å².